The van der Waals surface area contributed by atoms with Gasteiger partial charge in [0.25, 0.3) is 0 Å². The lowest BCUT2D eigenvalue weighted by Crippen LogP contribution is -2.16. The second-order valence-electron chi connectivity index (χ2n) is 4.81. The molecule has 0 bridgehead atoms. The van der Waals surface area contributed by atoms with Gasteiger partial charge < -0.3 is 4.74 Å². The predicted octanol–water partition coefficient (Wildman–Crippen LogP) is 3.41. The van der Waals surface area contributed by atoms with Gasteiger partial charge in [-0.05, 0) is 18.9 Å². The number of carbonyl (C=O) groups is 2. The van der Waals surface area contributed by atoms with Crippen LogP contribution in [0.4, 0.5) is 0 Å². The van der Waals surface area contributed by atoms with Gasteiger partial charge in [-0.3, -0.25) is 9.59 Å². The van der Waals surface area contributed by atoms with Gasteiger partial charge in [0.15, 0.2) is 0 Å². The molecule has 0 aliphatic rings. The molecule has 5 nitrogen and oxygen atoms in total. The van der Waals surface area contributed by atoms with E-state index in [0.29, 0.717) is 12.8 Å². The molecule has 22 heavy (non-hydrogen) atoms. The number of carbonyl (C=O) groups excluding carboxylic acids is 2. The fourth-order valence-corrected chi connectivity index (χ4v) is 2.21. The molecule has 0 aliphatic carbocycles. The minimum Gasteiger partial charge on any atom is -0.469 e. The van der Waals surface area contributed by atoms with Crippen molar-refractivity contribution >= 4 is 34.0 Å². The van der Waals surface area contributed by atoms with E-state index in [4.69, 9.17) is 0 Å². The minimum absolute atomic E-state index is 0.101. The van der Waals surface area contributed by atoms with Gasteiger partial charge in [0.1, 0.15) is 0 Å². The lowest BCUT2D eigenvalue weighted by Gasteiger charge is -2.01. The number of nitrogens with zero attached hydrogens (tertiary/aromatic N) is 1. The molecule has 120 valence electrons. The Morgan fingerprint density at radius 3 is 2.55 bits per heavy atom. The summed E-state index contributed by atoms with van der Waals surface area (Å²) in [7, 11) is 1.39. The van der Waals surface area contributed by atoms with Crippen molar-refractivity contribution in [2.24, 2.45) is 5.10 Å². The van der Waals surface area contributed by atoms with Crippen molar-refractivity contribution in [3.63, 3.8) is 0 Å². The highest BCUT2D eigenvalue weighted by Gasteiger charge is 2.02. The van der Waals surface area contributed by atoms with Crippen LogP contribution in [-0.2, 0) is 14.3 Å². The third-order valence-electron chi connectivity index (χ3n) is 3.06. The molecule has 0 fully saturated rings. The van der Waals surface area contributed by atoms with E-state index < -0.39 is 0 Å². The van der Waals surface area contributed by atoms with Crippen LogP contribution in [0.3, 0.4) is 0 Å². The number of unbranched alkanes of at least 4 members (excludes halogenated alkanes) is 3. The smallest absolute Gasteiger partial charge is 0.305 e. The molecule has 0 aliphatic heterocycles. The zero-order chi connectivity index (χ0) is 16.2. The first-order chi connectivity index (χ1) is 10.6. The van der Waals surface area contributed by atoms with Crippen molar-refractivity contribution in [3.05, 3.63) is 34.3 Å². The molecular formula is C16H21BrN2O3. The van der Waals surface area contributed by atoms with Gasteiger partial charge in [-0.1, -0.05) is 47.0 Å². The number of hydrogen-bond donors (Lipinski definition) is 1. The summed E-state index contributed by atoms with van der Waals surface area (Å²) in [5.74, 6) is -0.282. The predicted molar refractivity (Wildman–Crippen MR) is 89.6 cm³/mol. The number of nitrogens with one attached hydrogen (secondary N) is 1. The standard InChI is InChI=1S/C16H21BrN2O3/c1-22-16(21)11-5-3-2-4-10-15(20)19-18-12-13-8-6-7-9-14(13)17/h6-9,12H,2-5,10-11H2,1H3,(H,19,20)/b18-12+. The van der Waals surface area contributed by atoms with Crippen LogP contribution in [0, 0.1) is 0 Å². The molecule has 0 unspecified atom stereocenters. The maximum absolute atomic E-state index is 11.6. The van der Waals surface area contributed by atoms with Crippen LogP contribution in [0.1, 0.15) is 44.1 Å². The normalized spacial score (nSPS) is 10.6. The first kappa shape index (κ1) is 18.4. The Bertz CT molecular complexity index is 518. The molecular weight excluding hydrogens is 348 g/mol. The van der Waals surface area contributed by atoms with Gasteiger partial charge >= 0.3 is 5.97 Å². The molecule has 0 aromatic heterocycles. The van der Waals surface area contributed by atoms with Gasteiger partial charge in [0.2, 0.25) is 5.91 Å². The van der Waals surface area contributed by atoms with Crippen molar-refractivity contribution in [1.82, 2.24) is 5.43 Å². The quantitative estimate of drug-likeness (QED) is 0.314. The van der Waals surface area contributed by atoms with E-state index in [0.717, 1.165) is 35.7 Å². The summed E-state index contributed by atoms with van der Waals surface area (Å²) in [4.78, 5) is 22.5. The van der Waals surface area contributed by atoms with E-state index in [1.807, 2.05) is 24.3 Å². The van der Waals surface area contributed by atoms with Crippen molar-refractivity contribution < 1.29 is 14.3 Å². The molecule has 1 amide bonds. The largest absolute Gasteiger partial charge is 0.469 e. The maximum Gasteiger partial charge on any atom is 0.305 e. The summed E-state index contributed by atoms with van der Waals surface area (Å²) in [5, 5.41) is 3.94. The summed E-state index contributed by atoms with van der Waals surface area (Å²) >= 11 is 3.41. The highest BCUT2D eigenvalue weighted by molar-refractivity contribution is 9.10. The number of hydrazone groups is 1. The molecule has 0 heterocycles. The molecule has 1 N–H and O–H groups in total. The van der Waals surface area contributed by atoms with Crippen LogP contribution in [-0.4, -0.2) is 25.2 Å². The Hall–Kier alpha value is -1.69. The fraction of sp³-hybridized carbons (Fsp3) is 0.438. The van der Waals surface area contributed by atoms with E-state index in [1.54, 1.807) is 6.21 Å². The van der Waals surface area contributed by atoms with Gasteiger partial charge in [-0.15, -0.1) is 0 Å². The molecule has 0 atom stereocenters. The van der Waals surface area contributed by atoms with Crippen LogP contribution in [0.2, 0.25) is 0 Å². The number of methoxy groups -OCH3 is 1. The Labute approximate surface area is 139 Å². The second kappa shape index (κ2) is 11.0. The van der Waals surface area contributed by atoms with Gasteiger partial charge in [-0.2, -0.15) is 5.10 Å². The Balaban J connectivity index is 2.11. The molecule has 0 spiro atoms. The Kier molecular flexibility index (Phi) is 9.14. The molecule has 1 aromatic carbocycles. The molecule has 6 heteroatoms. The number of halogens is 1. The zero-order valence-electron chi connectivity index (χ0n) is 12.7. The zero-order valence-corrected chi connectivity index (χ0v) is 14.3. The van der Waals surface area contributed by atoms with Crippen molar-refractivity contribution in [2.75, 3.05) is 7.11 Å². The summed E-state index contributed by atoms with van der Waals surface area (Å²) in [6.07, 6.45) is 5.91. The first-order valence-electron chi connectivity index (χ1n) is 7.26. The SMILES string of the molecule is COC(=O)CCCCCCC(=O)N/N=C/c1ccccc1Br. The molecule has 0 saturated heterocycles. The van der Waals surface area contributed by atoms with Crippen LogP contribution < -0.4 is 5.43 Å². The van der Waals surface area contributed by atoms with Crippen LogP contribution in [0.25, 0.3) is 0 Å². The maximum atomic E-state index is 11.6. The van der Waals surface area contributed by atoms with Crippen molar-refractivity contribution in [1.29, 1.82) is 0 Å². The lowest BCUT2D eigenvalue weighted by molar-refractivity contribution is -0.140. The van der Waals surface area contributed by atoms with Gasteiger partial charge in [-0.25, -0.2) is 5.43 Å². The third-order valence-corrected chi connectivity index (χ3v) is 3.78. The van der Waals surface area contributed by atoms with Gasteiger partial charge in [0, 0.05) is 22.9 Å². The second-order valence-corrected chi connectivity index (χ2v) is 5.66. The van der Waals surface area contributed by atoms with Crippen molar-refractivity contribution in [2.45, 2.75) is 38.5 Å². The van der Waals surface area contributed by atoms with Crippen molar-refractivity contribution in [3.8, 4) is 0 Å². The van der Waals surface area contributed by atoms with E-state index in [-0.39, 0.29) is 11.9 Å². The third kappa shape index (κ3) is 7.93. The number of benzene rings is 1. The average Bonchev–Trinajstić information content (AvgIpc) is 2.52. The first-order valence-corrected chi connectivity index (χ1v) is 8.06. The number of esters is 1. The highest BCUT2D eigenvalue weighted by Crippen LogP contribution is 2.13. The van der Waals surface area contributed by atoms with Gasteiger partial charge in [0.05, 0.1) is 13.3 Å². The number of amides is 1. The highest BCUT2D eigenvalue weighted by atomic mass is 79.9. The average molecular weight is 369 g/mol. The summed E-state index contributed by atoms with van der Waals surface area (Å²) in [5.41, 5.74) is 3.42. The van der Waals surface area contributed by atoms with Crippen LogP contribution in [0.15, 0.2) is 33.8 Å². The summed E-state index contributed by atoms with van der Waals surface area (Å²) in [6, 6.07) is 7.64. The van der Waals surface area contributed by atoms with Crippen LogP contribution in [0.5, 0.6) is 0 Å². The van der Waals surface area contributed by atoms with E-state index in [1.165, 1.54) is 7.11 Å². The summed E-state index contributed by atoms with van der Waals surface area (Å²) < 4.78 is 5.49. The lowest BCUT2D eigenvalue weighted by atomic mass is 10.1. The topological polar surface area (TPSA) is 67.8 Å². The number of rotatable bonds is 9. The fourth-order valence-electron chi connectivity index (χ4n) is 1.82. The molecule has 0 radical (unpaired) electrons. The van der Waals surface area contributed by atoms with E-state index in [9.17, 15) is 9.59 Å². The van der Waals surface area contributed by atoms with Crippen LogP contribution >= 0.6 is 15.9 Å². The van der Waals surface area contributed by atoms with E-state index in [2.05, 4.69) is 31.2 Å². The number of hydrogen-bond acceptors (Lipinski definition) is 4. The number of ether oxygens (including phenoxy) is 1. The Morgan fingerprint density at radius 1 is 1.18 bits per heavy atom. The molecule has 1 aromatic rings. The molecule has 0 saturated carbocycles. The Morgan fingerprint density at radius 2 is 1.86 bits per heavy atom. The minimum atomic E-state index is -0.181. The summed E-state index contributed by atoms with van der Waals surface area (Å²) in [6.45, 7) is 0. The monoisotopic (exact) mass is 368 g/mol. The van der Waals surface area contributed by atoms with E-state index >= 15 is 0 Å². The molecule has 1 rings (SSSR count).